The third-order valence-corrected chi connectivity index (χ3v) is 7.02. The smallest absolute Gasteiger partial charge is 0.307 e. The molecule has 0 radical (unpaired) electrons. The van der Waals surface area contributed by atoms with Gasteiger partial charge in [0, 0.05) is 23.4 Å². The second-order valence-corrected chi connectivity index (χ2v) is 10.3. The van der Waals surface area contributed by atoms with Crippen molar-refractivity contribution in [3.8, 4) is 10.7 Å². The first kappa shape index (κ1) is 37.6. The van der Waals surface area contributed by atoms with E-state index >= 15 is 0 Å². The van der Waals surface area contributed by atoms with E-state index in [9.17, 15) is 9.90 Å². The van der Waals surface area contributed by atoms with Crippen LogP contribution in [-0.2, 0) is 22.4 Å². The fourth-order valence-electron chi connectivity index (χ4n) is 3.59. The molecule has 1 aromatic carbocycles. The van der Waals surface area contributed by atoms with Crippen LogP contribution in [0.1, 0.15) is 69.8 Å². The average Bonchev–Trinajstić information content (AvgIpc) is 3.50. The molecular weight excluding hydrogens is 570 g/mol. The number of aromatic nitrogens is 2. The number of nitrogens with zero attached hydrogens (tertiary/aromatic N) is 2. The molecule has 0 saturated heterocycles. The molecule has 0 saturated carbocycles. The van der Waals surface area contributed by atoms with Gasteiger partial charge in [0.1, 0.15) is 5.82 Å². The fourth-order valence-corrected chi connectivity index (χ4v) is 4.40. The Kier molecular flexibility index (Phi) is 17.5. The summed E-state index contributed by atoms with van der Waals surface area (Å²) in [7, 11) is 1.60. The molecule has 236 valence electrons. The maximum absolute atomic E-state index is 11.0. The van der Waals surface area contributed by atoms with Crippen LogP contribution >= 0.6 is 11.3 Å². The van der Waals surface area contributed by atoms with E-state index in [1.165, 1.54) is 0 Å². The van der Waals surface area contributed by atoms with E-state index in [0.29, 0.717) is 30.2 Å². The first-order chi connectivity index (χ1) is 21.1. The normalized spacial score (nSPS) is 11.2. The summed E-state index contributed by atoms with van der Waals surface area (Å²) in [6, 6.07) is 9.38. The molecule has 3 rings (SSSR count). The molecule has 0 amide bonds. The van der Waals surface area contributed by atoms with Crippen LogP contribution in [0.15, 0.2) is 90.3 Å². The number of carbonyl (C=O) groups is 1. The molecule has 0 spiro atoms. The number of aliphatic hydroxyl groups excluding tert-OH is 1. The van der Waals surface area contributed by atoms with Gasteiger partial charge in [-0.25, -0.2) is 9.97 Å². The molecule has 0 atom stereocenters. The number of hydrogen-bond donors (Lipinski definition) is 3. The van der Waals surface area contributed by atoms with Crippen LogP contribution in [0.4, 0.5) is 11.5 Å². The molecule has 0 aliphatic rings. The Morgan fingerprint density at radius 1 is 1.09 bits per heavy atom. The van der Waals surface area contributed by atoms with Crippen molar-refractivity contribution in [2.75, 3.05) is 12.4 Å². The van der Waals surface area contributed by atoms with Crippen LogP contribution in [-0.4, -0.2) is 33.3 Å². The molecule has 0 aliphatic heterocycles. The largest absolute Gasteiger partial charge is 0.512 e. The number of anilines is 2. The molecule has 2 heterocycles. The number of carboxylic acid groups (broad SMARTS) is 1. The molecule has 8 heteroatoms. The van der Waals surface area contributed by atoms with Crippen molar-refractivity contribution in [3.05, 3.63) is 113 Å². The maximum atomic E-state index is 11.0. The number of hydrogen-bond acceptors (Lipinski definition) is 7. The molecule has 0 unspecified atom stereocenters. The number of carboxylic acids is 1. The number of ether oxygens (including phenoxy) is 1. The number of allylic oxidation sites excluding steroid dienone is 7. The van der Waals surface area contributed by atoms with E-state index in [1.807, 2.05) is 52.0 Å². The second kappa shape index (κ2) is 20.5. The van der Waals surface area contributed by atoms with Crippen molar-refractivity contribution in [2.45, 2.75) is 67.2 Å². The van der Waals surface area contributed by atoms with Crippen LogP contribution in [0.25, 0.3) is 16.8 Å². The monoisotopic (exact) mass is 617 g/mol. The van der Waals surface area contributed by atoms with Crippen LogP contribution < -0.4 is 5.32 Å². The third-order valence-electron chi connectivity index (χ3n) is 6.07. The zero-order valence-electron chi connectivity index (χ0n) is 27.1. The van der Waals surface area contributed by atoms with Gasteiger partial charge in [-0.05, 0) is 73.0 Å². The molecule has 0 aliphatic carbocycles. The predicted octanol–water partition coefficient (Wildman–Crippen LogP) is 10.0. The Morgan fingerprint density at radius 3 is 2.30 bits per heavy atom. The van der Waals surface area contributed by atoms with Crippen LogP contribution in [0.5, 0.6) is 0 Å². The number of benzene rings is 1. The fraction of sp³-hybridized carbons (Fsp3) is 0.306. The second-order valence-electron chi connectivity index (χ2n) is 9.44. The lowest BCUT2D eigenvalue weighted by atomic mass is 10.1. The highest BCUT2D eigenvalue weighted by molar-refractivity contribution is 7.13. The minimum absolute atomic E-state index is 0.0125. The number of methoxy groups -OCH3 is 1. The molecule has 2 aromatic heterocycles. The van der Waals surface area contributed by atoms with E-state index in [-0.39, 0.29) is 6.42 Å². The summed E-state index contributed by atoms with van der Waals surface area (Å²) in [5.41, 5.74) is 5.57. The average molecular weight is 618 g/mol. The van der Waals surface area contributed by atoms with Crippen molar-refractivity contribution in [1.82, 2.24) is 9.97 Å². The van der Waals surface area contributed by atoms with Gasteiger partial charge in [-0.3, -0.25) is 4.79 Å². The van der Waals surface area contributed by atoms with Crippen LogP contribution in [0, 0.1) is 6.92 Å². The van der Waals surface area contributed by atoms with Gasteiger partial charge in [0.15, 0.2) is 5.82 Å². The molecule has 3 aromatic rings. The summed E-state index contributed by atoms with van der Waals surface area (Å²) >= 11 is 1.58. The molecule has 0 bridgehead atoms. The molecular formula is C36H47N3O4S. The molecule has 0 fully saturated rings. The van der Waals surface area contributed by atoms with Gasteiger partial charge in [0.25, 0.3) is 0 Å². The van der Waals surface area contributed by atoms with E-state index in [2.05, 4.69) is 53.7 Å². The SMILES string of the molecule is C=C(C)OC.C=CCc1c(C)nc(-c2cc(/C=C/C(=C/C=C(/O)CC)CC)cs2)nc1Nc1ccc(CC(=O)O)cc1.CC. The number of nitrogens with one attached hydrogen (secondary N) is 1. The van der Waals surface area contributed by atoms with Crippen molar-refractivity contribution < 1.29 is 19.7 Å². The summed E-state index contributed by atoms with van der Waals surface area (Å²) in [5, 5.41) is 24.2. The van der Waals surface area contributed by atoms with Crippen molar-refractivity contribution in [1.29, 1.82) is 0 Å². The summed E-state index contributed by atoms with van der Waals surface area (Å²) in [6.45, 7) is 19.1. The number of aliphatic hydroxyl groups is 1. The minimum Gasteiger partial charge on any atom is -0.512 e. The van der Waals surface area contributed by atoms with Gasteiger partial charge in [0.2, 0.25) is 0 Å². The van der Waals surface area contributed by atoms with Gasteiger partial charge >= 0.3 is 5.97 Å². The first-order valence-electron chi connectivity index (χ1n) is 14.7. The lowest BCUT2D eigenvalue weighted by Crippen LogP contribution is -2.05. The standard InChI is InChI=1S/C30H33N3O3S.C4H8O.C2H6/c1-5-8-26-20(4)31-30(33-29(26)32-24-14-11-22(12-15-24)18-28(35)36)27-17-23(19-37-27)10-9-21(6-2)13-16-25(34)7-3;1-4(2)5-3;1-2/h5,9-17,19,34H,1,6-8,18H2,2-4H3,(H,35,36)(H,31,32,33);1H2,2-3H3;1-2H3/b10-9+,21-13+,25-16+;;. The summed E-state index contributed by atoms with van der Waals surface area (Å²) in [5.74, 6) is 1.61. The van der Waals surface area contributed by atoms with Gasteiger partial charge in [-0.1, -0.05) is 70.7 Å². The van der Waals surface area contributed by atoms with Crippen LogP contribution in [0.3, 0.4) is 0 Å². The summed E-state index contributed by atoms with van der Waals surface area (Å²) < 4.78 is 4.56. The van der Waals surface area contributed by atoms with Crippen molar-refractivity contribution in [2.24, 2.45) is 0 Å². The highest BCUT2D eigenvalue weighted by Gasteiger charge is 2.14. The summed E-state index contributed by atoms with van der Waals surface area (Å²) in [4.78, 5) is 21.5. The topological polar surface area (TPSA) is 105 Å². The van der Waals surface area contributed by atoms with Gasteiger partial charge in [0.05, 0.1) is 29.9 Å². The van der Waals surface area contributed by atoms with E-state index in [0.717, 1.165) is 50.7 Å². The Hall–Kier alpha value is -4.43. The van der Waals surface area contributed by atoms with E-state index in [4.69, 9.17) is 15.1 Å². The number of aryl methyl sites for hydroxylation is 1. The third kappa shape index (κ3) is 13.3. The maximum Gasteiger partial charge on any atom is 0.307 e. The first-order valence-corrected chi connectivity index (χ1v) is 15.6. The molecule has 44 heavy (non-hydrogen) atoms. The van der Waals surface area contributed by atoms with Crippen LogP contribution in [0.2, 0.25) is 0 Å². The number of thiophene rings is 1. The highest BCUT2D eigenvalue weighted by atomic mass is 32.1. The Balaban J connectivity index is 0.00000125. The molecule has 7 nitrogen and oxygen atoms in total. The van der Waals surface area contributed by atoms with Gasteiger partial charge in [-0.2, -0.15) is 0 Å². The zero-order chi connectivity index (χ0) is 33.1. The Labute approximate surface area is 267 Å². The minimum atomic E-state index is -0.857. The van der Waals surface area contributed by atoms with E-state index in [1.54, 1.807) is 43.6 Å². The van der Waals surface area contributed by atoms with Crippen molar-refractivity contribution in [3.63, 3.8) is 0 Å². The predicted molar refractivity (Wildman–Crippen MR) is 187 cm³/mol. The van der Waals surface area contributed by atoms with Gasteiger partial charge < -0.3 is 20.3 Å². The number of aliphatic carboxylic acids is 1. The Morgan fingerprint density at radius 2 is 1.75 bits per heavy atom. The number of rotatable bonds is 13. The molecule has 3 N–H and O–H groups in total. The summed E-state index contributed by atoms with van der Waals surface area (Å²) in [6.07, 6.45) is 11.7. The zero-order valence-corrected chi connectivity index (χ0v) is 27.9. The van der Waals surface area contributed by atoms with Gasteiger partial charge in [-0.15, -0.1) is 17.9 Å². The van der Waals surface area contributed by atoms with E-state index < -0.39 is 5.97 Å². The quantitative estimate of drug-likeness (QED) is 0.0996. The lowest BCUT2D eigenvalue weighted by Gasteiger charge is -2.14. The lowest BCUT2D eigenvalue weighted by molar-refractivity contribution is -0.136. The Bertz CT molecular complexity index is 1450. The highest BCUT2D eigenvalue weighted by Crippen LogP contribution is 2.30. The van der Waals surface area contributed by atoms with Crippen molar-refractivity contribution >= 4 is 34.9 Å².